The van der Waals surface area contributed by atoms with E-state index in [1.165, 1.54) is 0 Å². The molecule has 1 heterocycles. The third-order valence-electron chi connectivity index (χ3n) is 2.24. The number of aromatic nitrogens is 1. The van der Waals surface area contributed by atoms with Crippen molar-refractivity contribution in [2.45, 2.75) is 6.42 Å². The van der Waals surface area contributed by atoms with Crippen molar-refractivity contribution in [1.82, 2.24) is 4.98 Å². The van der Waals surface area contributed by atoms with E-state index in [1.807, 2.05) is 42.5 Å². The Morgan fingerprint density at radius 2 is 1.87 bits per heavy atom. The second-order valence-electron chi connectivity index (χ2n) is 3.25. The van der Waals surface area contributed by atoms with Gasteiger partial charge in [0.05, 0.1) is 5.69 Å². The van der Waals surface area contributed by atoms with Crippen molar-refractivity contribution < 1.29 is 4.79 Å². The molecule has 0 saturated heterocycles. The highest BCUT2D eigenvalue weighted by atomic mass is 16.1. The summed E-state index contributed by atoms with van der Waals surface area (Å²) in [5.41, 5.74) is 2.92. The van der Waals surface area contributed by atoms with Crippen molar-refractivity contribution in [3.63, 3.8) is 0 Å². The fourth-order valence-electron chi connectivity index (χ4n) is 1.55. The van der Waals surface area contributed by atoms with Gasteiger partial charge in [-0.2, -0.15) is 0 Å². The number of carbonyl (C=O) groups is 1. The molecule has 0 bridgehead atoms. The van der Waals surface area contributed by atoms with E-state index >= 15 is 0 Å². The van der Waals surface area contributed by atoms with Gasteiger partial charge < -0.3 is 4.79 Å². The first kappa shape index (κ1) is 9.59. The van der Waals surface area contributed by atoms with Gasteiger partial charge in [0.1, 0.15) is 6.29 Å². The Morgan fingerprint density at radius 3 is 2.60 bits per heavy atom. The number of carbonyl (C=O) groups excluding carboxylic acids is 1. The van der Waals surface area contributed by atoms with Crippen molar-refractivity contribution in [3.05, 3.63) is 54.2 Å². The molecule has 15 heavy (non-hydrogen) atoms. The summed E-state index contributed by atoms with van der Waals surface area (Å²) in [6, 6.07) is 13.7. The molecule has 2 nitrogen and oxygen atoms in total. The molecule has 0 amide bonds. The van der Waals surface area contributed by atoms with E-state index in [0.717, 1.165) is 23.1 Å². The van der Waals surface area contributed by atoms with E-state index in [-0.39, 0.29) is 0 Å². The zero-order valence-electron chi connectivity index (χ0n) is 8.26. The Hall–Kier alpha value is -1.96. The maximum absolute atomic E-state index is 10.5. The molecular weight excluding hydrogens is 186 g/mol. The highest BCUT2D eigenvalue weighted by Crippen LogP contribution is 2.20. The zero-order valence-corrected chi connectivity index (χ0v) is 8.26. The Morgan fingerprint density at radius 1 is 1.07 bits per heavy atom. The lowest BCUT2D eigenvalue weighted by molar-refractivity contribution is -0.107. The second kappa shape index (κ2) is 4.51. The molecule has 74 valence electrons. The summed E-state index contributed by atoms with van der Waals surface area (Å²) in [5, 5.41) is 0. The fraction of sp³-hybridized carbons (Fsp3) is 0.0769. The van der Waals surface area contributed by atoms with Crippen molar-refractivity contribution >= 4 is 6.29 Å². The van der Waals surface area contributed by atoms with Crippen LogP contribution >= 0.6 is 0 Å². The molecule has 1 aromatic carbocycles. The molecule has 1 aromatic heterocycles. The molecule has 2 aromatic rings. The van der Waals surface area contributed by atoms with Crippen LogP contribution in [0, 0.1) is 0 Å². The smallest absolute Gasteiger partial charge is 0.124 e. The van der Waals surface area contributed by atoms with Crippen LogP contribution in [-0.2, 0) is 11.2 Å². The van der Waals surface area contributed by atoms with Gasteiger partial charge >= 0.3 is 0 Å². The van der Waals surface area contributed by atoms with E-state index in [9.17, 15) is 4.79 Å². The monoisotopic (exact) mass is 197 g/mol. The van der Waals surface area contributed by atoms with Crippen LogP contribution in [-0.4, -0.2) is 11.3 Å². The van der Waals surface area contributed by atoms with E-state index in [4.69, 9.17) is 0 Å². The summed E-state index contributed by atoms with van der Waals surface area (Å²) in [6.07, 6.45) is 3.07. The number of benzene rings is 1. The average molecular weight is 197 g/mol. The number of hydrogen-bond acceptors (Lipinski definition) is 2. The third-order valence-corrected chi connectivity index (χ3v) is 2.24. The molecule has 0 atom stereocenters. The molecule has 0 aliphatic rings. The molecule has 0 saturated carbocycles. The summed E-state index contributed by atoms with van der Waals surface area (Å²) in [7, 11) is 0. The molecule has 0 radical (unpaired) electrons. The minimum atomic E-state index is 0.415. The molecule has 0 N–H and O–H groups in total. The van der Waals surface area contributed by atoms with E-state index < -0.39 is 0 Å². The molecule has 0 aliphatic heterocycles. The predicted octanol–water partition coefficient (Wildman–Crippen LogP) is 2.49. The molecular formula is C13H11NO. The van der Waals surface area contributed by atoms with Gasteiger partial charge in [0.2, 0.25) is 0 Å². The van der Waals surface area contributed by atoms with Crippen LogP contribution in [0.1, 0.15) is 5.56 Å². The SMILES string of the molecule is O=CCc1cccnc1-c1ccccc1. The normalized spacial score (nSPS) is 9.87. The maximum atomic E-state index is 10.5. The third kappa shape index (κ3) is 2.10. The van der Waals surface area contributed by atoms with Crippen LogP contribution in [0.25, 0.3) is 11.3 Å². The van der Waals surface area contributed by atoms with Gasteiger partial charge in [0, 0.05) is 18.2 Å². The van der Waals surface area contributed by atoms with Gasteiger partial charge in [0.15, 0.2) is 0 Å². The topological polar surface area (TPSA) is 30.0 Å². The summed E-state index contributed by atoms with van der Waals surface area (Å²) < 4.78 is 0. The zero-order chi connectivity index (χ0) is 10.5. The van der Waals surface area contributed by atoms with Gasteiger partial charge in [-0.25, -0.2) is 0 Å². The summed E-state index contributed by atoms with van der Waals surface area (Å²) in [6.45, 7) is 0. The first-order valence-electron chi connectivity index (χ1n) is 4.85. The van der Waals surface area contributed by atoms with Gasteiger partial charge in [-0.1, -0.05) is 36.4 Å². The summed E-state index contributed by atoms with van der Waals surface area (Å²) in [5.74, 6) is 0. The number of aldehydes is 1. The summed E-state index contributed by atoms with van der Waals surface area (Å²) >= 11 is 0. The van der Waals surface area contributed by atoms with Crippen molar-refractivity contribution in [1.29, 1.82) is 0 Å². The van der Waals surface area contributed by atoms with Crippen molar-refractivity contribution in [2.75, 3.05) is 0 Å². The number of rotatable bonds is 3. The lowest BCUT2D eigenvalue weighted by Gasteiger charge is -2.05. The van der Waals surface area contributed by atoms with Crippen LogP contribution in [0.3, 0.4) is 0 Å². The molecule has 2 rings (SSSR count). The Bertz CT molecular complexity index is 451. The lowest BCUT2D eigenvalue weighted by atomic mass is 10.0. The quantitative estimate of drug-likeness (QED) is 0.707. The first-order valence-corrected chi connectivity index (χ1v) is 4.85. The minimum Gasteiger partial charge on any atom is -0.303 e. The van der Waals surface area contributed by atoms with E-state index in [2.05, 4.69) is 4.98 Å². The molecule has 0 spiro atoms. The highest BCUT2D eigenvalue weighted by Gasteiger charge is 2.04. The molecule has 0 fully saturated rings. The van der Waals surface area contributed by atoms with Crippen LogP contribution in [0.2, 0.25) is 0 Å². The van der Waals surface area contributed by atoms with Crippen LogP contribution in [0.15, 0.2) is 48.7 Å². The van der Waals surface area contributed by atoms with Crippen molar-refractivity contribution in [3.8, 4) is 11.3 Å². The van der Waals surface area contributed by atoms with Crippen LogP contribution in [0.4, 0.5) is 0 Å². The molecule has 2 heteroatoms. The lowest BCUT2D eigenvalue weighted by Crippen LogP contribution is -1.93. The first-order chi connectivity index (χ1) is 7.42. The van der Waals surface area contributed by atoms with Gasteiger partial charge in [-0.15, -0.1) is 0 Å². The van der Waals surface area contributed by atoms with E-state index in [0.29, 0.717) is 6.42 Å². The molecule has 0 unspecified atom stereocenters. The molecule has 0 aliphatic carbocycles. The van der Waals surface area contributed by atoms with Crippen molar-refractivity contribution in [2.24, 2.45) is 0 Å². The number of hydrogen-bond donors (Lipinski definition) is 0. The highest BCUT2D eigenvalue weighted by molar-refractivity contribution is 5.67. The van der Waals surface area contributed by atoms with Crippen LogP contribution < -0.4 is 0 Å². The van der Waals surface area contributed by atoms with Gasteiger partial charge in [-0.05, 0) is 11.6 Å². The fourth-order valence-corrected chi connectivity index (χ4v) is 1.55. The predicted molar refractivity (Wildman–Crippen MR) is 59.4 cm³/mol. The minimum absolute atomic E-state index is 0.415. The summed E-state index contributed by atoms with van der Waals surface area (Å²) in [4.78, 5) is 14.8. The van der Waals surface area contributed by atoms with E-state index in [1.54, 1.807) is 6.20 Å². The number of nitrogens with zero attached hydrogens (tertiary/aromatic N) is 1. The Balaban J connectivity index is 2.48. The van der Waals surface area contributed by atoms with Gasteiger partial charge in [0.25, 0.3) is 0 Å². The second-order valence-corrected chi connectivity index (χ2v) is 3.25. The van der Waals surface area contributed by atoms with Crippen LogP contribution in [0.5, 0.6) is 0 Å². The average Bonchev–Trinajstić information content (AvgIpc) is 2.31. The van der Waals surface area contributed by atoms with Gasteiger partial charge in [-0.3, -0.25) is 4.98 Å². The Kier molecular flexibility index (Phi) is 2.88. The standard InChI is InChI=1S/C13H11NO/c15-10-8-12-7-4-9-14-13(12)11-5-2-1-3-6-11/h1-7,9-10H,8H2. The Labute approximate surface area is 88.6 Å². The largest absolute Gasteiger partial charge is 0.303 e. The maximum Gasteiger partial charge on any atom is 0.124 e. The number of pyridine rings is 1.